The Hall–Kier alpha value is -1.58. The van der Waals surface area contributed by atoms with Crippen LogP contribution in [0.25, 0.3) is 0 Å². The molecule has 0 spiro atoms. The van der Waals surface area contributed by atoms with Crippen LogP contribution >= 0.6 is 0 Å². The van der Waals surface area contributed by atoms with E-state index in [0.717, 1.165) is 6.42 Å². The fourth-order valence-electron chi connectivity index (χ4n) is 1.57. The summed E-state index contributed by atoms with van der Waals surface area (Å²) in [6, 6.07) is 3.57. The first-order valence-electron chi connectivity index (χ1n) is 5.09. The van der Waals surface area contributed by atoms with Gasteiger partial charge in [-0.25, -0.2) is 0 Å². The highest BCUT2D eigenvalue weighted by molar-refractivity contribution is 5.67. The number of fused-ring (bicyclic) bond motifs is 1. The lowest BCUT2D eigenvalue weighted by Gasteiger charge is -2.26. The molecule has 15 heavy (non-hydrogen) atoms. The molecule has 0 aliphatic carbocycles. The molecule has 1 aliphatic heterocycles. The summed E-state index contributed by atoms with van der Waals surface area (Å²) in [6.45, 7) is 2.57. The van der Waals surface area contributed by atoms with E-state index < -0.39 is 0 Å². The molecule has 1 aromatic carbocycles. The van der Waals surface area contributed by atoms with Gasteiger partial charge >= 0.3 is 0 Å². The van der Waals surface area contributed by atoms with E-state index in [-0.39, 0.29) is 11.9 Å². The van der Waals surface area contributed by atoms with Gasteiger partial charge in [0.1, 0.15) is 12.7 Å². The van der Waals surface area contributed by atoms with Gasteiger partial charge in [-0.05, 0) is 18.6 Å². The Kier molecular flexibility index (Phi) is 2.58. The predicted octanol–water partition coefficient (Wildman–Crippen LogP) is 1.98. The van der Waals surface area contributed by atoms with Crippen molar-refractivity contribution in [2.75, 3.05) is 19.0 Å². The molecule has 1 heterocycles. The van der Waals surface area contributed by atoms with E-state index in [4.69, 9.17) is 9.47 Å². The van der Waals surface area contributed by atoms with Crippen LogP contribution < -0.4 is 14.8 Å². The third-order valence-electron chi connectivity index (χ3n) is 2.53. The number of rotatable bonds is 2. The molecular weight excluding hydrogens is 194 g/mol. The number of benzene rings is 1. The Morgan fingerprint density at radius 3 is 3.00 bits per heavy atom. The van der Waals surface area contributed by atoms with Crippen LogP contribution in [0.4, 0.5) is 5.69 Å². The number of hydrogen-bond acceptors (Lipinski definition) is 4. The summed E-state index contributed by atoms with van der Waals surface area (Å²) < 4.78 is 11.1. The highest BCUT2D eigenvalue weighted by Crippen LogP contribution is 2.44. The molecule has 82 valence electrons. The average molecular weight is 209 g/mol. The van der Waals surface area contributed by atoms with Crippen molar-refractivity contribution in [1.82, 2.24) is 0 Å². The smallest absolute Gasteiger partial charge is 0.205 e. The molecule has 1 aromatic rings. The molecule has 0 radical (unpaired) electrons. The lowest BCUT2D eigenvalue weighted by atomic mass is 10.2. The SMILES string of the molecule is CCC1COc2ccc(NC)c(O)c2O1. The molecule has 1 unspecified atom stereocenters. The van der Waals surface area contributed by atoms with Gasteiger partial charge in [-0.1, -0.05) is 6.92 Å². The van der Waals surface area contributed by atoms with Gasteiger partial charge in [-0.3, -0.25) is 0 Å². The number of phenols is 1. The minimum Gasteiger partial charge on any atom is -0.503 e. The van der Waals surface area contributed by atoms with Crippen LogP contribution in [0.15, 0.2) is 12.1 Å². The molecule has 0 aromatic heterocycles. The predicted molar refractivity (Wildman–Crippen MR) is 57.9 cm³/mol. The van der Waals surface area contributed by atoms with E-state index in [1.54, 1.807) is 19.2 Å². The molecule has 0 saturated heterocycles. The number of anilines is 1. The lowest BCUT2D eigenvalue weighted by Crippen LogP contribution is -2.28. The average Bonchev–Trinajstić information content (AvgIpc) is 2.29. The summed E-state index contributed by atoms with van der Waals surface area (Å²) in [7, 11) is 1.75. The number of aromatic hydroxyl groups is 1. The maximum absolute atomic E-state index is 9.88. The van der Waals surface area contributed by atoms with Gasteiger partial charge in [0.05, 0.1) is 5.69 Å². The summed E-state index contributed by atoms with van der Waals surface area (Å²) in [4.78, 5) is 0. The van der Waals surface area contributed by atoms with E-state index in [1.165, 1.54) is 0 Å². The van der Waals surface area contributed by atoms with Gasteiger partial charge in [0.2, 0.25) is 5.75 Å². The van der Waals surface area contributed by atoms with Gasteiger partial charge < -0.3 is 19.9 Å². The van der Waals surface area contributed by atoms with Crippen molar-refractivity contribution in [3.05, 3.63) is 12.1 Å². The third-order valence-corrected chi connectivity index (χ3v) is 2.53. The van der Waals surface area contributed by atoms with Crippen molar-refractivity contribution < 1.29 is 14.6 Å². The van der Waals surface area contributed by atoms with E-state index in [1.807, 2.05) is 6.92 Å². The lowest BCUT2D eigenvalue weighted by molar-refractivity contribution is 0.0848. The van der Waals surface area contributed by atoms with Gasteiger partial charge in [0.25, 0.3) is 0 Å². The van der Waals surface area contributed by atoms with E-state index in [0.29, 0.717) is 23.8 Å². The molecule has 0 saturated carbocycles. The number of nitrogens with one attached hydrogen (secondary N) is 1. The Labute approximate surface area is 88.8 Å². The first-order chi connectivity index (χ1) is 7.26. The number of ether oxygens (including phenoxy) is 2. The fourth-order valence-corrected chi connectivity index (χ4v) is 1.57. The highest BCUT2D eigenvalue weighted by Gasteiger charge is 2.23. The van der Waals surface area contributed by atoms with Crippen LogP contribution in [0.2, 0.25) is 0 Å². The molecule has 0 amide bonds. The van der Waals surface area contributed by atoms with E-state index in [9.17, 15) is 5.11 Å². The summed E-state index contributed by atoms with van der Waals surface area (Å²) in [6.07, 6.45) is 0.887. The van der Waals surface area contributed by atoms with Gasteiger partial charge in [0, 0.05) is 7.05 Å². The van der Waals surface area contributed by atoms with Crippen LogP contribution in [0, 0.1) is 0 Å². The second kappa shape index (κ2) is 3.88. The molecule has 4 heteroatoms. The van der Waals surface area contributed by atoms with E-state index in [2.05, 4.69) is 5.32 Å². The van der Waals surface area contributed by atoms with Crippen molar-refractivity contribution in [3.63, 3.8) is 0 Å². The van der Waals surface area contributed by atoms with Gasteiger partial charge in [-0.15, -0.1) is 0 Å². The first kappa shape index (κ1) is 9.96. The quantitative estimate of drug-likeness (QED) is 0.731. The third kappa shape index (κ3) is 1.67. The number of hydrogen-bond donors (Lipinski definition) is 2. The molecule has 2 rings (SSSR count). The Bertz CT molecular complexity index is 365. The summed E-state index contributed by atoms with van der Waals surface area (Å²) in [5, 5.41) is 12.8. The Balaban J connectivity index is 2.37. The zero-order valence-electron chi connectivity index (χ0n) is 8.91. The molecule has 1 atom stereocenters. The van der Waals surface area contributed by atoms with Crippen LogP contribution in [-0.2, 0) is 0 Å². The van der Waals surface area contributed by atoms with Gasteiger partial charge in [-0.2, -0.15) is 0 Å². The van der Waals surface area contributed by atoms with Crippen molar-refractivity contribution in [2.24, 2.45) is 0 Å². The molecule has 1 aliphatic rings. The van der Waals surface area contributed by atoms with Crippen molar-refractivity contribution >= 4 is 5.69 Å². The van der Waals surface area contributed by atoms with Crippen LogP contribution in [0.3, 0.4) is 0 Å². The monoisotopic (exact) mass is 209 g/mol. The zero-order chi connectivity index (χ0) is 10.8. The maximum Gasteiger partial charge on any atom is 0.205 e. The molecular formula is C11H15NO3. The first-order valence-corrected chi connectivity index (χ1v) is 5.09. The minimum atomic E-state index is 0.0236. The normalized spacial score (nSPS) is 18.7. The zero-order valence-corrected chi connectivity index (χ0v) is 8.91. The van der Waals surface area contributed by atoms with Crippen molar-refractivity contribution in [3.8, 4) is 17.2 Å². The second-order valence-corrected chi connectivity index (χ2v) is 3.50. The summed E-state index contributed by atoms with van der Waals surface area (Å²) in [5.41, 5.74) is 0.647. The van der Waals surface area contributed by atoms with Crippen LogP contribution in [0.5, 0.6) is 17.2 Å². The van der Waals surface area contributed by atoms with Crippen LogP contribution in [0.1, 0.15) is 13.3 Å². The standard InChI is InChI=1S/C11H15NO3/c1-3-7-6-14-9-5-4-8(12-2)10(13)11(9)15-7/h4-5,7,12-13H,3,6H2,1-2H3. The number of phenolic OH excluding ortho intramolecular Hbond substituents is 1. The van der Waals surface area contributed by atoms with Crippen LogP contribution in [-0.4, -0.2) is 24.9 Å². The summed E-state index contributed by atoms with van der Waals surface area (Å²) in [5.74, 6) is 1.17. The van der Waals surface area contributed by atoms with Gasteiger partial charge in [0.15, 0.2) is 11.5 Å². The molecule has 0 bridgehead atoms. The molecule has 2 N–H and O–H groups in total. The summed E-state index contributed by atoms with van der Waals surface area (Å²) >= 11 is 0. The topological polar surface area (TPSA) is 50.7 Å². The highest BCUT2D eigenvalue weighted by atomic mass is 16.6. The Morgan fingerprint density at radius 1 is 1.53 bits per heavy atom. The van der Waals surface area contributed by atoms with Crippen molar-refractivity contribution in [1.29, 1.82) is 0 Å². The minimum absolute atomic E-state index is 0.0236. The molecule has 0 fully saturated rings. The largest absolute Gasteiger partial charge is 0.503 e. The second-order valence-electron chi connectivity index (χ2n) is 3.50. The Morgan fingerprint density at radius 2 is 2.33 bits per heavy atom. The maximum atomic E-state index is 9.88. The van der Waals surface area contributed by atoms with Crippen molar-refractivity contribution in [2.45, 2.75) is 19.4 Å². The van der Waals surface area contributed by atoms with E-state index >= 15 is 0 Å². The fraction of sp³-hybridized carbons (Fsp3) is 0.455. The molecule has 4 nitrogen and oxygen atoms in total.